The fourth-order valence-electron chi connectivity index (χ4n) is 1.43. The monoisotopic (exact) mass is 347 g/mol. The number of aryl methyl sites for hydroxylation is 2. The van der Waals surface area contributed by atoms with E-state index in [2.05, 4.69) is 30.9 Å². The molecule has 1 aromatic heterocycles. The highest BCUT2D eigenvalue weighted by atomic mass is 79.9. The van der Waals surface area contributed by atoms with Gasteiger partial charge in [-0.1, -0.05) is 15.9 Å². The third-order valence-electron chi connectivity index (χ3n) is 2.18. The second kappa shape index (κ2) is 5.38. The molecule has 0 aliphatic heterocycles. The molecule has 2 rings (SSSR count). The lowest BCUT2D eigenvalue weighted by molar-refractivity contribution is 0.439. The largest absolute Gasteiger partial charge is 0.424 e. The van der Waals surface area contributed by atoms with Crippen LogP contribution in [-0.2, 0) is 0 Å². The first-order valence-corrected chi connectivity index (χ1v) is 6.52. The molecule has 0 saturated heterocycles. The molecule has 0 spiro atoms. The van der Waals surface area contributed by atoms with Crippen LogP contribution >= 0.6 is 39.1 Å². The Hall–Kier alpha value is -0.910. The maximum Gasteiger partial charge on any atom is 0.327 e. The Bertz CT molecular complexity index is 564. The summed E-state index contributed by atoms with van der Waals surface area (Å²) in [5.41, 5.74) is 2.10. The van der Waals surface area contributed by atoms with Crippen molar-refractivity contribution >= 4 is 39.1 Å². The second-order valence-electron chi connectivity index (χ2n) is 3.63. The van der Waals surface area contributed by atoms with Gasteiger partial charge in [0.25, 0.3) is 0 Å². The molecule has 1 aromatic carbocycles. The molecule has 0 radical (unpaired) electrons. The van der Waals surface area contributed by atoms with Crippen LogP contribution in [0.4, 0.5) is 0 Å². The average molecular weight is 349 g/mol. The van der Waals surface area contributed by atoms with Crippen molar-refractivity contribution in [3.05, 3.63) is 38.3 Å². The molecule has 1 heterocycles. The Morgan fingerprint density at radius 1 is 1.00 bits per heavy atom. The predicted octanol–water partition coefficient (Wildman–Crippen LogP) is 4.35. The summed E-state index contributed by atoms with van der Waals surface area (Å²) < 4.78 is 6.55. The first-order chi connectivity index (χ1) is 8.45. The Labute approximate surface area is 122 Å². The summed E-state index contributed by atoms with van der Waals surface area (Å²) in [6.07, 6.45) is 0. The van der Waals surface area contributed by atoms with Crippen molar-refractivity contribution in [1.82, 2.24) is 15.0 Å². The van der Waals surface area contributed by atoms with E-state index in [1.54, 1.807) is 0 Å². The summed E-state index contributed by atoms with van der Waals surface area (Å²) in [6.45, 7) is 3.94. The summed E-state index contributed by atoms with van der Waals surface area (Å²) in [5.74, 6) is 0.617. The average Bonchev–Trinajstić information content (AvgIpc) is 2.24. The van der Waals surface area contributed by atoms with Crippen molar-refractivity contribution in [3.8, 4) is 11.8 Å². The molecule has 0 amide bonds. The Morgan fingerprint density at radius 2 is 1.50 bits per heavy atom. The van der Waals surface area contributed by atoms with Crippen molar-refractivity contribution in [1.29, 1.82) is 0 Å². The summed E-state index contributed by atoms with van der Waals surface area (Å²) in [7, 11) is 0. The lowest BCUT2D eigenvalue weighted by atomic mass is 10.1. The van der Waals surface area contributed by atoms with Gasteiger partial charge in [0.1, 0.15) is 5.75 Å². The standard InChI is InChI=1S/C11H8BrCl2N3O/c1-5-3-7(4-6(2)8(5)12)18-11-16-9(13)15-10(14)17-11/h3-4H,1-2H3. The van der Waals surface area contributed by atoms with Gasteiger partial charge in [-0.15, -0.1) is 0 Å². The molecular formula is C11H8BrCl2N3O. The van der Waals surface area contributed by atoms with Crippen LogP contribution < -0.4 is 4.74 Å². The molecule has 94 valence electrons. The van der Waals surface area contributed by atoms with Gasteiger partial charge in [0.2, 0.25) is 10.6 Å². The van der Waals surface area contributed by atoms with E-state index < -0.39 is 0 Å². The number of hydrogen-bond donors (Lipinski definition) is 0. The zero-order chi connectivity index (χ0) is 13.3. The van der Waals surface area contributed by atoms with Crippen molar-refractivity contribution in [2.75, 3.05) is 0 Å². The van der Waals surface area contributed by atoms with Gasteiger partial charge in [0.05, 0.1) is 0 Å². The van der Waals surface area contributed by atoms with Crippen molar-refractivity contribution in [3.63, 3.8) is 0 Å². The molecule has 0 unspecified atom stereocenters. The van der Waals surface area contributed by atoms with Crippen LogP contribution in [0.5, 0.6) is 11.8 Å². The summed E-state index contributed by atoms with van der Waals surface area (Å²) in [4.78, 5) is 11.3. The molecule has 4 nitrogen and oxygen atoms in total. The maximum atomic E-state index is 5.67. The Kier molecular flexibility index (Phi) is 4.04. The van der Waals surface area contributed by atoms with Crippen LogP contribution in [0.2, 0.25) is 10.6 Å². The van der Waals surface area contributed by atoms with Crippen molar-refractivity contribution in [2.24, 2.45) is 0 Å². The number of rotatable bonds is 2. The number of benzene rings is 1. The van der Waals surface area contributed by atoms with E-state index in [9.17, 15) is 0 Å². The highest BCUT2D eigenvalue weighted by Gasteiger charge is 2.08. The van der Waals surface area contributed by atoms with Crippen molar-refractivity contribution < 1.29 is 4.74 Å². The summed E-state index contributed by atoms with van der Waals surface area (Å²) >= 11 is 14.8. The number of aromatic nitrogens is 3. The van der Waals surface area contributed by atoms with E-state index in [0.717, 1.165) is 15.6 Å². The molecule has 2 aromatic rings. The molecule has 0 bridgehead atoms. The van der Waals surface area contributed by atoms with Gasteiger partial charge < -0.3 is 4.74 Å². The molecule has 0 saturated carbocycles. The lowest BCUT2D eigenvalue weighted by Crippen LogP contribution is -1.96. The summed E-state index contributed by atoms with van der Waals surface area (Å²) in [5, 5.41) is -0.00823. The molecule has 0 aliphatic rings. The number of ether oxygens (including phenoxy) is 1. The molecule has 7 heteroatoms. The molecule has 0 atom stereocenters. The minimum Gasteiger partial charge on any atom is -0.424 e. The van der Waals surface area contributed by atoms with Gasteiger partial charge in [-0.25, -0.2) is 0 Å². The fourth-order valence-corrected chi connectivity index (χ4v) is 2.00. The Balaban J connectivity index is 2.34. The molecule has 18 heavy (non-hydrogen) atoms. The molecular weight excluding hydrogens is 341 g/mol. The first kappa shape index (κ1) is 13.5. The van der Waals surface area contributed by atoms with Gasteiger partial charge in [-0.3, -0.25) is 0 Å². The van der Waals surface area contributed by atoms with E-state index >= 15 is 0 Å². The molecule has 0 fully saturated rings. The lowest BCUT2D eigenvalue weighted by Gasteiger charge is -2.08. The smallest absolute Gasteiger partial charge is 0.327 e. The van der Waals surface area contributed by atoms with E-state index in [1.165, 1.54) is 0 Å². The van der Waals surface area contributed by atoms with Crippen LogP contribution in [0, 0.1) is 13.8 Å². The highest BCUT2D eigenvalue weighted by Crippen LogP contribution is 2.28. The quantitative estimate of drug-likeness (QED) is 0.809. The SMILES string of the molecule is Cc1cc(Oc2nc(Cl)nc(Cl)n2)cc(C)c1Br. The van der Waals surface area contributed by atoms with Gasteiger partial charge in [-0.2, -0.15) is 15.0 Å². The Morgan fingerprint density at radius 3 is 2.00 bits per heavy atom. The third kappa shape index (κ3) is 3.10. The van der Waals surface area contributed by atoms with Crippen LogP contribution in [0.15, 0.2) is 16.6 Å². The minimum absolute atomic E-state index is 0.00412. The van der Waals surface area contributed by atoms with E-state index in [-0.39, 0.29) is 16.6 Å². The van der Waals surface area contributed by atoms with E-state index in [4.69, 9.17) is 27.9 Å². The minimum atomic E-state index is -0.00412. The third-order valence-corrected chi connectivity index (χ3v) is 3.77. The highest BCUT2D eigenvalue weighted by molar-refractivity contribution is 9.10. The number of halogens is 3. The number of nitrogens with zero attached hydrogens (tertiary/aromatic N) is 3. The molecule has 0 N–H and O–H groups in total. The zero-order valence-electron chi connectivity index (χ0n) is 9.54. The van der Waals surface area contributed by atoms with Crippen LogP contribution in [0.3, 0.4) is 0 Å². The van der Waals surface area contributed by atoms with Crippen LogP contribution in [-0.4, -0.2) is 15.0 Å². The first-order valence-electron chi connectivity index (χ1n) is 4.97. The van der Waals surface area contributed by atoms with Gasteiger partial charge >= 0.3 is 6.01 Å². The van der Waals surface area contributed by atoms with Crippen LogP contribution in [0.1, 0.15) is 11.1 Å². The molecule has 0 aliphatic carbocycles. The maximum absolute atomic E-state index is 5.67. The van der Waals surface area contributed by atoms with Crippen molar-refractivity contribution in [2.45, 2.75) is 13.8 Å². The predicted molar refractivity (Wildman–Crippen MR) is 73.5 cm³/mol. The van der Waals surface area contributed by atoms with Gasteiger partial charge in [-0.05, 0) is 60.3 Å². The van der Waals surface area contributed by atoms with Crippen LogP contribution in [0.25, 0.3) is 0 Å². The fraction of sp³-hybridized carbons (Fsp3) is 0.182. The summed E-state index contributed by atoms with van der Waals surface area (Å²) in [6, 6.07) is 3.80. The van der Waals surface area contributed by atoms with E-state index in [1.807, 2.05) is 26.0 Å². The van der Waals surface area contributed by atoms with Gasteiger partial charge in [0, 0.05) is 4.47 Å². The topological polar surface area (TPSA) is 47.9 Å². The zero-order valence-corrected chi connectivity index (χ0v) is 12.6. The second-order valence-corrected chi connectivity index (χ2v) is 5.10. The van der Waals surface area contributed by atoms with Gasteiger partial charge in [0.15, 0.2) is 0 Å². The number of hydrogen-bond acceptors (Lipinski definition) is 4. The van der Waals surface area contributed by atoms with E-state index in [0.29, 0.717) is 5.75 Å². The normalized spacial score (nSPS) is 10.5.